The molecule has 0 aliphatic rings. The zero-order valence-electron chi connectivity index (χ0n) is 7.66. The number of ether oxygens (including phenoxy) is 1. The van der Waals surface area contributed by atoms with Crippen LogP contribution >= 0.6 is 0 Å². The van der Waals surface area contributed by atoms with Crippen LogP contribution in [0.25, 0.3) is 11.0 Å². The Balaban J connectivity index is 2.65. The first kappa shape index (κ1) is 8.04. The lowest BCUT2D eigenvalue weighted by molar-refractivity contribution is 0.331. The molecule has 2 aromatic heterocycles. The summed E-state index contributed by atoms with van der Waals surface area (Å²) in [6, 6.07) is 0. The van der Waals surface area contributed by atoms with Gasteiger partial charge in [-0.1, -0.05) is 0 Å². The van der Waals surface area contributed by atoms with Crippen molar-refractivity contribution >= 4 is 11.0 Å². The Kier molecular flexibility index (Phi) is 1.88. The molecule has 68 valence electrons. The summed E-state index contributed by atoms with van der Waals surface area (Å²) in [5.74, 6) is 0.659. The molecule has 4 heteroatoms. The Morgan fingerprint density at radius 1 is 1.46 bits per heavy atom. The number of rotatable bonds is 2. The van der Waals surface area contributed by atoms with E-state index in [9.17, 15) is 0 Å². The van der Waals surface area contributed by atoms with Gasteiger partial charge in [-0.25, -0.2) is 9.97 Å². The fraction of sp³-hybridized carbons (Fsp3) is 0.333. The molecule has 0 saturated heterocycles. The SMILES string of the molecule is CCOc1ncnc2[nH]cc(C)c12. The maximum Gasteiger partial charge on any atom is 0.226 e. The molecular weight excluding hydrogens is 166 g/mol. The van der Waals surface area contributed by atoms with Gasteiger partial charge < -0.3 is 9.72 Å². The van der Waals surface area contributed by atoms with Crippen LogP contribution in [0.2, 0.25) is 0 Å². The van der Waals surface area contributed by atoms with E-state index in [1.165, 1.54) is 6.33 Å². The predicted molar refractivity (Wildman–Crippen MR) is 49.8 cm³/mol. The molecule has 2 aromatic rings. The Hall–Kier alpha value is -1.58. The number of H-pyrrole nitrogens is 1. The highest BCUT2D eigenvalue weighted by molar-refractivity contribution is 5.84. The van der Waals surface area contributed by atoms with Crippen LogP contribution in [0.15, 0.2) is 12.5 Å². The number of hydrogen-bond acceptors (Lipinski definition) is 3. The van der Waals surface area contributed by atoms with Crippen LogP contribution in [0, 0.1) is 6.92 Å². The molecule has 0 saturated carbocycles. The van der Waals surface area contributed by atoms with Crippen LogP contribution in [0.4, 0.5) is 0 Å². The zero-order valence-corrected chi connectivity index (χ0v) is 7.66. The van der Waals surface area contributed by atoms with Gasteiger partial charge >= 0.3 is 0 Å². The minimum Gasteiger partial charge on any atom is -0.477 e. The molecule has 0 bridgehead atoms. The van der Waals surface area contributed by atoms with E-state index in [1.54, 1.807) is 0 Å². The van der Waals surface area contributed by atoms with Gasteiger partial charge in [0.2, 0.25) is 5.88 Å². The summed E-state index contributed by atoms with van der Waals surface area (Å²) in [5.41, 5.74) is 1.94. The molecule has 0 aliphatic heterocycles. The third kappa shape index (κ3) is 1.24. The lowest BCUT2D eigenvalue weighted by Crippen LogP contribution is -1.95. The van der Waals surface area contributed by atoms with Crippen molar-refractivity contribution in [3.05, 3.63) is 18.1 Å². The first-order valence-electron chi connectivity index (χ1n) is 4.24. The van der Waals surface area contributed by atoms with Gasteiger partial charge in [0.25, 0.3) is 0 Å². The minimum absolute atomic E-state index is 0.622. The quantitative estimate of drug-likeness (QED) is 0.759. The highest BCUT2D eigenvalue weighted by Crippen LogP contribution is 2.23. The van der Waals surface area contributed by atoms with E-state index in [4.69, 9.17) is 4.74 Å². The molecular formula is C9H11N3O. The van der Waals surface area contributed by atoms with Crippen molar-refractivity contribution in [1.82, 2.24) is 15.0 Å². The van der Waals surface area contributed by atoms with Crippen molar-refractivity contribution < 1.29 is 4.74 Å². The lowest BCUT2D eigenvalue weighted by atomic mass is 10.3. The fourth-order valence-corrected chi connectivity index (χ4v) is 1.33. The van der Waals surface area contributed by atoms with Gasteiger partial charge in [0.05, 0.1) is 12.0 Å². The minimum atomic E-state index is 0.622. The predicted octanol–water partition coefficient (Wildman–Crippen LogP) is 1.67. The summed E-state index contributed by atoms with van der Waals surface area (Å²) in [5, 5.41) is 0.976. The molecule has 0 spiro atoms. The van der Waals surface area contributed by atoms with Gasteiger partial charge in [-0.3, -0.25) is 0 Å². The molecule has 0 unspecified atom stereocenters. The molecule has 4 nitrogen and oxygen atoms in total. The summed E-state index contributed by atoms with van der Waals surface area (Å²) in [4.78, 5) is 11.2. The third-order valence-corrected chi connectivity index (χ3v) is 1.91. The summed E-state index contributed by atoms with van der Waals surface area (Å²) < 4.78 is 5.39. The summed E-state index contributed by atoms with van der Waals surface area (Å²) in [6.07, 6.45) is 3.41. The monoisotopic (exact) mass is 177 g/mol. The molecule has 0 aromatic carbocycles. The van der Waals surface area contributed by atoms with E-state index in [0.717, 1.165) is 16.6 Å². The second kappa shape index (κ2) is 3.05. The van der Waals surface area contributed by atoms with Gasteiger partial charge in [0.1, 0.15) is 12.0 Å². The van der Waals surface area contributed by atoms with Crippen LogP contribution in [0.3, 0.4) is 0 Å². The zero-order chi connectivity index (χ0) is 9.26. The summed E-state index contributed by atoms with van der Waals surface area (Å²) in [7, 11) is 0. The molecule has 0 radical (unpaired) electrons. The van der Waals surface area contributed by atoms with Crippen molar-refractivity contribution in [3.63, 3.8) is 0 Å². The third-order valence-electron chi connectivity index (χ3n) is 1.91. The van der Waals surface area contributed by atoms with Gasteiger partial charge in [-0.05, 0) is 19.4 Å². The summed E-state index contributed by atoms with van der Waals surface area (Å²) in [6.45, 7) is 4.57. The van der Waals surface area contributed by atoms with Gasteiger partial charge in [0, 0.05) is 6.20 Å². The van der Waals surface area contributed by atoms with Gasteiger partial charge in [-0.15, -0.1) is 0 Å². The largest absolute Gasteiger partial charge is 0.477 e. The maximum atomic E-state index is 5.39. The fourth-order valence-electron chi connectivity index (χ4n) is 1.33. The van der Waals surface area contributed by atoms with E-state index in [1.807, 2.05) is 20.0 Å². The lowest BCUT2D eigenvalue weighted by Gasteiger charge is -2.02. The van der Waals surface area contributed by atoms with Crippen molar-refractivity contribution in [2.45, 2.75) is 13.8 Å². The van der Waals surface area contributed by atoms with Crippen LogP contribution in [-0.4, -0.2) is 21.6 Å². The Bertz CT molecular complexity index is 422. The van der Waals surface area contributed by atoms with Crippen molar-refractivity contribution in [2.24, 2.45) is 0 Å². The molecule has 2 heterocycles. The number of nitrogens with one attached hydrogen (secondary N) is 1. The molecule has 1 N–H and O–H groups in total. The van der Waals surface area contributed by atoms with Gasteiger partial charge in [0.15, 0.2) is 0 Å². The summed E-state index contributed by atoms with van der Waals surface area (Å²) >= 11 is 0. The maximum absolute atomic E-state index is 5.39. The number of aromatic amines is 1. The van der Waals surface area contributed by atoms with Crippen LogP contribution in [0.5, 0.6) is 5.88 Å². The molecule has 0 amide bonds. The van der Waals surface area contributed by atoms with Gasteiger partial charge in [-0.2, -0.15) is 0 Å². The van der Waals surface area contributed by atoms with Crippen molar-refractivity contribution in [1.29, 1.82) is 0 Å². The first-order chi connectivity index (χ1) is 6.33. The number of aromatic nitrogens is 3. The smallest absolute Gasteiger partial charge is 0.226 e. The molecule has 2 rings (SSSR count). The normalized spacial score (nSPS) is 10.6. The Morgan fingerprint density at radius 3 is 3.08 bits per heavy atom. The molecule has 0 atom stereocenters. The second-order valence-electron chi connectivity index (χ2n) is 2.81. The van der Waals surface area contributed by atoms with E-state index < -0.39 is 0 Å². The Labute approximate surface area is 76.0 Å². The van der Waals surface area contributed by atoms with Crippen LogP contribution < -0.4 is 4.74 Å². The molecule has 0 aliphatic carbocycles. The average Bonchev–Trinajstić information content (AvgIpc) is 2.50. The topological polar surface area (TPSA) is 50.8 Å². The second-order valence-corrected chi connectivity index (χ2v) is 2.81. The highest BCUT2D eigenvalue weighted by atomic mass is 16.5. The number of aryl methyl sites for hydroxylation is 1. The molecule has 0 fully saturated rings. The highest BCUT2D eigenvalue weighted by Gasteiger charge is 2.07. The Morgan fingerprint density at radius 2 is 2.31 bits per heavy atom. The average molecular weight is 177 g/mol. The first-order valence-corrected chi connectivity index (χ1v) is 4.24. The number of hydrogen-bond donors (Lipinski definition) is 1. The standard InChI is InChI=1S/C9H11N3O/c1-3-13-9-7-6(2)4-10-8(7)11-5-12-9/h4-5H,3H2,1-2H3,(H,10,11,12). The van der Waals surface area contributed by atoms with E-state index >= 15 is 0 Å². The van der Waals surface area contributed by atoms with E-state index in [2.05, 4.69) is 15.0 Å². The van der Waals surface area contributed by atoms with E-state index in [0.29, 0.717) is 12.5 Å². The molecule has 13 heavy (non-hydrogen) atoms. The van der Waals surface area contributed by atoms with Crippen molar-refractivity contribution in [2.75, 3.05) is 6.61 Å². The number of fused-ring (bicyclic) bond motifs is 1. The van der Waals surface area contributed by atoms with Crippen molar-refractivity contribution in [3.8, 4) is 5.88 Å². The number of nitrogens with zero attached hydrogens (tertiary/aromatic N) is 2. The van der Waals surface area contributed by atoms with Crippen LogP contribution in [-0.2, 0) is 0 Å². The van der Waals surface area contributed by atoms with Crippen LogP contribution in [0.1, 0.15) is 12.5 Å². The van der Waals surface area contributed by atoms with E-state index in [-0.39, 0.29) is 0 Å².